The summed E-state index contributed by atoms with van der Waals surface area (Å²) in [6, 6.07) is -7.24. The highest BCUT2D eigenvalue weighted by molar-refractivity contribution is 5.74. The van der Waals surface area contributed by atoms with Crippen LogP contribution in [0.5, 0.6) is 0 Å². The summed E-state index contributed by atoms with van der Waals surface area (Å²) in [5.74, 6) is -3.51. The van der Waals surface area contributed by atoms with E-state index >= 15 is 0 Å². The Balaban J connectivity index is 0.972. The maximum absolute atomic E-state index is 12.9. The zero-order valence-electron chi connectivity index (χ0n) is 59.9. The molecular formula is C62H104N4O45. The summed E-state index contributed by atoms with van der Waals surface area (Å²) >= 11 is 0. The summed E-state index contributed by atoms with van der Waals surface area (Å²) in [4.78, 5) is 50.9. The number of aliphatic hydroxyl groups excluding tert-OH is 24. The number of amides is 4. The summed E-state index contributed by atoms with van der Waals surface area (Å²) in [7, 11) is 0. The molecule has 9 aliphatic heterocycles. The Kier molecular flexibility index (Phi) is 32.6. The van der Waals surface area contributed by atoms with Crippen LogP contribution >= 0.6 is 0 Å². The Morgan fingerprint density at radius 2 is 0.523 bits per heavy atom. The minimum Gasteiger partial charge on any atom is -0.394 e. The minimum absolute atomic E-state index is 0.791. The number of aliphatic hydroxyl groups is 24. The number of carbonyl (C=O) groups excluding carboxylic acids is 4. The molecule has 9 rings (SSSR count). The standard InChI is InChI=1S/C62H104N4O45/c1-14-31(76)40(85)45(90)58(98-14)96-13-26-52(36(81)27(54(94)99-26)63-15(2)72)107-56-29(65-17(4)74)38(83)51(22(9-70)103-56)110-61-48(93)43(88)34(79)24(105-61)12-97-62-53(111-57-30(66-18(5)75)39(84)50(23(10-71)104-57)109-60-47(92)42(87)33(78)20(7-68)101-60)44(89)35(80)25(106-62)11-95-55-28(64-16(3)73)37(82)49(21(8-69)102-55)108-59-46(91)41(86)32(77)19(6-67)100-59/h14,19-62,67-71,76-94H,6-13H2,1-5H3,(H,63,72)(H,64,73)(H,65,74)(H,66,75)/t14-,19+,20+,21+,22+,23+,24+,25+,26+,27+,28+,29+,30+,31+,32-,33-,34+,35+,36+,37+,38+,39+,40+,41-,42-,43-,44-,45+,46+,47+,48-,49+,50+,51+,52+,53-,54+,55+,56-,57-,58+,59-,60-,61-,62-/m0/s1. The van der Waals surface area contributed by atoms with Gasteiger partial charge in [0.2, 0.25) is 23.6 Å². The summed E-state index contributed by atoms with van der Waals surface area (Å²) in [5, 5.41) is 273. The maximum atomic E-state index is 12.9. The van der Waals surface area contributed by atoms with Crippen molar-refractivity contribution in [2.45, 2.75) is 311 Å². The smallest absolute Gasteiger partial charge is 0.217 e. The molecule has 0 aromatic rings. The van der Waals surface area contributed by atoms with Crippen LogP contribution < -0.4 is 21.3 Å². The number of ether oxygens (including phenoxy) is 17. The van der Waals surface area contributed by atoms with Crippen LogP contribution in [-0.4, -0.2) is 475 Å². The lowest BCUT2D eigenvalue weighted by molar-refractivity contribution is -0.382. The molecule has 0 aliphatic carbocycles. The Morgan fingerprint density at radius 1 is 0.252 bits per heavy atom. The van der Waals surface area contributed by atoms with Crippen molar-refractivity contribution in [2.75, 3.05) is 52.9 Å². The fourth-order valence-electron chi connectivity index (χ4n) is 14.2. The van der Waals surface area contributed by atoms with Gasteiger partial charge in [-0.2, -0.15) is 0 Å². The Bertz CT molecular complexity index is 2950. The Hall–Kier alpha value is -3.76. The van der Waals surface area contributed by atoms with Crippen molar-refractivity contribution < 1.29 is 222 Å². The first kappa shape index (κ1) is 91.1. The van der Waals surface area contributed by atoms with Crippen LogP contribution in [0.1, 0.15) is 34.6 Å². The zero-order valence-corrected chi connectivity index (χ0v) is 59.9. The van der Waals surface area contributed by atoms with Gasteiger partial charge in [-0.15, -0.1) is 0 Å². The van der Waals surface area contributed by atoms with E-state index in [2.05, 4.69) is 21.3 Å². The van der Waals surface area contributed by atoms with E-state index in [-0.39, 0.29) is 0 Å². The molecule has 0 aromatic heterocycles. The van der Waals surface area contributed by atoms with Gasteiger partial charge in [-0.05, 0) is 6.92 Å². The van der Waals surface area contributed by atoms with Crippen LogP contribution in [0.2, 0.25) is 0 Å². The molecule has 0 bridgehead atoms. The first-order valence-electron chi connectivity index (χ1n) is 35.5. The third-order valence-corrected chi connectivity index (χ3v) is 20.3. The van der Waals surface area contributed by atoms with E-state index in [0.717, 1.165) is 27.7 Å². The van der Waals surface area contributed by atoms with Gasteiger partial charge >= 0.3 is 0 Å². The summed E-state index contributed by atoms with van der Waals surface area (Å²) < 4.78 is 99.8. The van der Waals surface area contributed by atoms with E-state index in [0.29, 0.717) is 0 Å². The number of carbonyl (C=O) groups is 4. The normalized spacial score (nSPS) is 49.3. The molecule has 0 unspecified atom stereocenters. The minimum atomic E-state index is -2.39. The molecule has 45 atom stereocenters. The van der Waals surface area contributed by atoms with Gasteiger partial charge in [0.15, 0.2) is 56.6 Å². The quantitative estimate of drug-likeness (QED) is 0.0346. The second kappa shape index (κ2) is 39.7. The van der Waals surface area contributed by atoms with E-state index in [1.165, 1.54) is 6.92 Å². The van der Waals surface area contributed by atoms with Gasteiger partial charge < -0.3 is 224 Å². The predicted octanol–water partition coefficient (Wildman–Crippen LogP) is -19.0. The first-order valence-corrected chi connectivity index (χ1v) is 35.5. The van der Waals surface area contributed by atoms with Crippen molar-refractivity contribution in [1.82, 2.24) is 21.3 Å². The third kappa shape index (κ3) is 20.5. The maximum Gasteiger partial charge on any atom is 0.217 e. The monoisotopic (exact) mass is 1620 g/mol. The lowest BCUT2D eigenvalue weighted by atomic mass is 9.94. The summed E-state index contributed by atoms with van der Waals surface area (Å²) in [6.45, 7) is -2.83. The van der Waals surface area contributed by atoms with Crippen molar-refractivity contribution in [3.8, 4) is 0 Å². The van der Waals surface area contributed by atoms with Crippen LogP contribution in [-0.2, 0) is 99.7 Å². The number of hydrogen-bond acceptors (Lipinski definition) is 45. The van der Waals surface area contributed by atoms with Gasteiger partial charge in [-0.25, -0.2) is 0 Å². The van der Waals surface area contributed by atoms with Crippen molar-refractivity contribution in [2.24, 2.45) is 0 Å². The molecule has 111 heavy (non-hydrogen) atoms. The van der Waals surface area contributed by atoms with E-state index in [1.807, 2.05) is 0 Å². The molecule has 28 N–H and O–H groups in total. The van der Waals surface area contributed by atoms with E-state index < -0.39 is 353 Å². The first-order chi connectivity index (χ1) is 52.4. The highest BCUT2D eigenvalue weighted by Crippen LogP contribution is 2.39. The largest absolute Gasteiger partial charge is 0.394 e. The molecule has 9 aliphatic rings. The average Bonchev–Trinajstić information content (AvgIpc) is 0.777. The third-order valence-electron chi connectivity index (χ3n) is 20.3. The van der Waals surface area contributed by atoms with Gasteiger partial charge in [0, 0.05) is 27.7 Å². The fraction of sp³-hybridized carbons (Fsp3) is 0.935. The fourth-order valence-corrected chi connectivity index (χ4v) is 14.2. The van der Waals surface area contributed by atoms with Crippen molar-refractivity contribution in [3.63, 3.8) is 0 Å². The van der Waals surface area contributed by atoms with Gasteiger partial charge in [-0.1, -0.05) is 0 Å². The van der Waals surface area contributed by atoms with E-state index in [9.17, 15) is 142 Å². The van der Waals surface area contributed by atoms with Crippen LogP contribution in [0, 0.1) is 0 Å². The molecule has 9 fully saturated rings. The van der Waals surface area contributed by atoms with Gasteiger partial charge in [0.05, 0.1) is 59.0 Å². The van der Waals surface area contributed by atoms with Crippen LogP contribution in [0.15, 0.2) is 0 Å². The highest BCUT2D eigenvalue weighted by atomic mass is 16.8. The van der Waals surface area contributed by atoms with Crippen LogP contribution in [0.25, 0.3) is 0 Å². The van der Waals surface area contributed by atoms with Gasteiger partial charge in [-0.3, -0.25) is 19.2 Å². The SMILES string of the molecule is CC(=O)N[C@@H]1[C@@H](O)[C@H](O[C@@H]2O[C@H](CO)[C@@H](O[C@@H]3O[C@H](CO[C@H]4O[C@H](CO[C@@H]5O[C@H](CO)[C@@H](O[C@@H]6O[C@H](CO)[C@H](O)[C@H](O)[C@H]6O)[C@H](O)[C@H]5NC(C)=O)[C@@H](O)[C@H](O)[C@@H]4O[C@@H]4O[C@H](CO)[C@@H](O[C@@H]5O[C@H](CO)[C@H](O)[C@H](O)[C@H]5O)[C@H](O)[C@H]4NC(C)=O)[C@@H](O)[C@H](O)[C@@H]3O)[C@H](O)[C@H]2NC(C)=O)[C@@H](CO[C@@H]2O[C@@H](C)[C@@H](O)[C@@H](O)[C@H]2O)O[C@H]1O. The summed E-state index contributed by atoms with van der Waals surface area (Å²) in [6.07, 6.45) is -80.4. The second-order valence-electron chi connectivity index (χ2n) is 28.2. The van der Waals surface area contributed by atoms with E-state index in [4.69, 9.17) is 80.5 Å². The molecular weight excluding hydrogens is 1520 g/mol. The second-order valence-corrected chi connectivity index (χ2v) is 28.2. The van der Waals surface area contributed by atoms with Gasteiger partial charge in [0.1, 0.15) is 213 Å². The molecule has 0 aromatic carbocycles. The van der Waals surface area contributed by atoms with Crippen molar-refractivity contribution in [3.05, 3.63) is 0 Å². The number of hydrogen-bond donors (Lipinski definition) is 28. The molecule has 49 heteroatoms. The topological polar surface area (TPSA) is 759 Å². The predicted molar refractivity (Wildman–Crippen MR) is 342 cm³/mol. The number of rotatable bonds is 28. The average molecular weight is 1630 g/mol. The molecule has 9 saturated heterocycles. The molecule has 642 valence electrons. The van der Waals surface area contributed by atoms with Crippen LogP contribution in [0.4, 0.5) is 0 Å². The molecule has 0 radical (unpaired) electrons. The molecule has 4 amide bonds. The van der Waals surface area contributed by atoms with Crippen LogP contribution in [0.3, 0.4) is 0 Å². The summed E-state index contributed by atoms with van der Waals surface area (Å²) in [5.41, 5.74) is 0. The zero-order chi connectivity index (χ0) is 81.8. The lowest BCUT2D eigenvalue weighted by Crippen LogP contribution is -2.70. The van der Waals surface area contributed by atoms with Gasteiger partial charge in [0.25, 0.3) is 0 Å². The number of nitrogens with one attached hydrogen (secondary N) is 4. The Labute approximate surface area is 629 Å². The molecule has 0 spiro atoms. The molecule has 9 heterocycles. The molecule has 49 nitrogen and oxygen atoms in total. The van der Waals surface area contributed by atoms with Crippen molar-refractivity contribution in [1.29, 1.82) is 0 Å². The Morgan fingerprint density at radius 3 is 0.928 bits per heavy atom. The van der Waals surface area contributed by atoms with Crippen molar-refractivity contribution >= 4 is 23.6 Å². The lowest BCUT2D eigenvalue weighted by Gasteiger charge is -2.50. The molecule has 0 saturated carbocycles. The highest BCUT2D eigenvalue weighted by Gasteiger charge is 2.60. The van der Waals surface area contributed by atoms with E-state index in [1.54, 1.807) is 0 Å².